The fraction of sp³-hybridized carbons (Fsp3) is 0.429. The van der Waals surface area contributed by atoms with E-state index in [2.05, 4.69) is 40.0 Å². The number of rotatable bonds is 16. The Morgan fingerprint density at radius 2 is 1.56 bits per heavy atom. The van der Waals surface area contributed by atoms with E-state index in [1.807, 2.05) is 60.7 Å². The summed E-state index contributed by atoms with van der Waals surface area (Å²) in [5, 5.41) is 15.9. The molecule has 5 amide bonds. The summed E-state index contributed by atoms with van der Waals surface area (Å²) in [4.78, 5) is 65.6. The number of unbranched alkanes of at least 4 members (excludes halogenated alkanes) is 1. The fourth-order valence-corrected chi connectivity index (χ4v) is 5.87. The van der Waals surface area contributed by atoms with Crippen molar-refractivity contribution in [2.45, 2.75) is 71.5 Å². The third-order valence-corrected chi connectivity index (χ3v) is 8.75. The number of nitrogens with zero attached hydrogens (tertiary/aromatic N) is 3. The number of hydrogen-bond donors (Lipinski definition) is 5. The van der Waals surface area contributed by atoms with Crippen LogP contribution in [0.25, 0.3) is 6.08 Å². The SMILES string of the molecule is CC[N+]1(CC)CN2C(=N1)C(C(=O)NCCCC[C@H](NC(=O)[C@H](C)NC(C)=O)C(=O)N[C@@H](Cc1ccccc1)C(N)=O)=Cc1ccccc12. The highest BCUT2D eigenvalue weighted by Crippen LogP contribution is 2.35. The predicted molar refractivity (Wildman–Crippen MR) is 184 cm³/mol. The topological polar surface area (TPSA) is 175 Å². The number of benzene rings is 2. The van der Waals surface area contributed by atoms with Crippen molar-refractivity contribution in [1.29, 1.82) is 0 Å². The number of para-hydroxylation sites is 1. The van der Waals surface area contributed by atoms with Gasteiger partial charge in [0.15, 0.2) is 6.67 Å². The third kappa shape index (κ3) is 8.85. The molecule has 0 aromatic heterocycles. The van der Waals surface area contributed by atoms with Crippen LogP contribution in [0.2, 0.25) is 0 Å². The van der Waals surface area contributed by atoms with Gasteiger partial charge in [0.25, 0.3) is 5.91 Å². The molecule has 0 unspecified atom stereocenters. The van der Waals surface area contributed by atoms with Gasteiger partial charge in [0.05, 0.1) is 11.3 Å². The Morgan fingerprint density at radius 3 is 2.23 bits per heavy atom. The Labute approximate surface area is 281 Å². The molecule has 48 heavy (non-hydrogen) atoms. The molecule has 0 aliphatic carbocycles. The summed E-state index contributed by atoms with van der Waals surface area (Å²) in [6.45, 7) is 9.58. The van der Waals surface area contributed by atoms with Gasteiger partial charge in [0, 0.05) is 19.9 Å². The summed E-state index contributed by atoms with van der Waals surface area (Å²) < 4.78 is 0.506. The van der Waals surface area contributed by atoms with Crippen molar-refractivity contribution in [2.24, 2.45) is 10.8 Å². The largest absolute Gasteiger partial charge is 0.368 e. The summed E-state index contributed by atoms with van der Waals surface area (Å²) in [7, 11) is 0. The molecule has 6 N–H and O–H groups in total. The molecule has 4 rings (SSSR count). The molecule has 2 aliphatic heterocycles. The maximum absolute atomic E-state index is 13.5. The maximum Gasteiger partial charge on any atom is 0.255 e. The van der Waals surface area contributed by atoms with Gasteiger partial charge in [0.1, 0.15) is 31.2 Å². The minimum absolute atomic E-state index is 0.191. The number of nitrogens with one attached hydrogen (secondary N) is 4. The summed E-state index contributed by atoms with van der Waals surface area (Å²) in [5.74, 6) is -1.79. The van der Waals surface area contributed by atoms with Crippen LogP contribution in [-0.2, 0) is 30.4 Å². The summed E-state index contributed by atoms with van der Waals surface area (Å²) >= 11 is 0. The minimum atomic E-state index is -1.00. The molecule has 256 valence electrons. The van der Waals surface area contributed by atoms with E-state index in [0.29, 0.717) is 42.1 Å². The molecule has 2 aromatic rings. The standard InChI is InChI=1S/C35H46N8O5/c1-5-43(6-2)22-42-30-18-11-10-16-26(30)21-27(32(42)41-43)34(47)37-19-13-12-17-28(39-33(46)23(3)38-24(4)44)35(48)40-29(31(36)45)20-25-14-8-7-9-15-25/h7-11,14-16,18,21,23,28-29H,5-6,12-13,17,19-20,22H2,1-4H3,(H5-,36,37,38,39,40,44,45,46,47,48)/p+1/t23-,28-,29-/m0/s1. The quantitative estimate of drug-likeness (QED) is 0.135. The van der Waals surface area contributed by atoms with Gasteiger partial charge in [-0.25, -0.2) is 0 Å². The van der Waals surface area contributed by atoms with Crippen molar-refractivity contribution < 1.29 is 28.6 Å². The van der Waals surface area contributed by atoms with Gasteiger partial charge in [-0.15, -0.1) is 0 Å². The number of amidine groups is 1. The molecule has 0 radical (unpaired) electrons. The van der Waals surface area contributed by atoms with Crippen molar-refractivity contribution in [1.82, 2.24) is 21.3 Å². The second-order valence-corrected chi connectivity index (χ2v) is 12.2. The van der Waals surface area contributed by atoms with Crippen LogP contribution in [0.4, 0.5) is 5.69 Å². The van der Waals surface area contributed by atoms with Crippen LogP contribution >= 0.6 is 0 Å². The van der Waals surface area contributed by atoms with Crippen LogP contribution in [0.15, 0.2) is 65.3 Å². The van der Waals surface area contributed by atoms with Gasteiger partial charge in [0.2, 0.25) is 29.5 Å². The molecule has 0 fully saturated rings. The average molecular weight is 660 g/mol. The molecule has 0 spiro atoms. The molecule has 13 heteroatoms. The molecule has 0 saturated carbocycles. The van der Waals surface area contributed by atoms with Crippen LogP contribution in [0.5, 0.6) is 0 Å². The van der Waals surface area contributed by atoms with Crippen molar-refractivity contribution in [3.05, 3.63) is 71.3 Å². The van der Waals surface area contributed by atoms with E-state index in [1.165, 1.54) is 13.8 Å². The zero-order valence-electron chi connectivity index (χ0n) is 28.1. The lowest BCUT2D eigenvalue weighted by Crippen LogP contribution is -2.56. The number of hydrogen-bond acceptors (Lipinski definition) is 7. The lowest BCUT2D eigenvalue weighted by molar-refractivity contribution is -0.925. The van der Waals surface area contributed by atoms with Gasteiger partial charge in [-0.1, -0.05) is 53.6 Å². The van der Waals surface area contributed by atoms with Gasteiger partial charge in [-0.2, -0.15) is 4.59 Å². The van der Waals surface area contributed by atoms with Crippen molar-refractivity contribution in [2.75, 3.05) is 31.2 Å². The third-order valence-electron chi connectivity index (χ3n) is 8.75. The van der Waals surface area contributed by atoms with E-state index < -0.39 is 35.8 Å². The van der Waals surface area contributed by atoms with Crippen molar-refractivity contribution in [3.8, 4) is 0 Å². The molecule has 0 bridgehead atoms. The van der Waals surface area contributed by atoms with Gasteiger partial charge in [-0.3, -0.25) is 28.9 Å². The Morgan fingerprint density at radius 1 is 0.896 bits per heavy atom. The number of nitrogens with two attached hydrogens (primary N) is 1. The molecular weight excluding hydrogens is 612 g/mol. The maximum atomic E-state index is 13.5. The van der Waals surface area contributed by atoms with Crippen molar-refractivity contribution in [3.63, 3.8) is 0 Å². The molecule has 13 nitrogen and oxygen atoms in total. The average Bonchev–Trinajstić information content (AvgIpc) is 3.47. The first-order chi connectivity index (χ1) is 23.0. The van der Waals surface area contributed by atoms with Crippen LogP contribution < -0.4 is 31.9 Å². The monoisotopic (exact) mass is 659 g/mol. The van der Waals surface area contributed by atoms with Crippen molar-refractivity contribution >= 4 is 47.1 Å². The van der Waals surface area contributed by atoms with Crippen LogP contribution in [-0.4, -0.2) is 84.4 Å². The highest BCUT2D eigenvalue weighted by molar-refractivity contribution is 6.31. The molecule has 2 aliphatic rings. The van der Waals surface area contributed by atoms with Crippen LogP contribution in [0.1, 0.15) is 58.1 Å². The fourth-order valence-electron chi connectivity index (χ4n) is 5.87. The zero-order valence-corrected chi connectivity index (χ0v) is 28.1. The lowest BCUT2D eigenvalue weighted by atomic mass is 10.0. The van der Waals surface area contributed by atoms with E-state index in [-0.39, 0.29) is 24.7 Å². The predicted octanol–water partition coefficient (Wildman–Crippen LogP) is 1.54. The number of quaternary nitrogens is 1. The Balaban J connectivity index is 1.40. The lowest BCUT2D eigenvalue weighted by Gasteiger charge is -2.29. The molecule has 2 aromatic carbocycles. The second-order valence-electron chi connectivity index (χ2n) is 12.2. The van der Waals surface area contributed by atoms with Crippen LogP contribution in [0.3, 0.4) is 0 Å². The first kappa shape index (κ1) is 35.8. The van der Waals surface area contributed by atoms with E-state index in [0.717, 1.165) is 29.9 Å². The highest BCUT2D eigenvalue weighted by Gasteiger charge is 2.43. The molecule has 3 atom stereocenters. The number of anilines is 1. The summed E-state index contributed by atoms with van der Waals surface area (Å²) in [6.07, 6.45) is 3.27. The first-order valence-corrected chi connectivity index (χ1v) is 16.5. The van der Waals surface area contributed by atoms with Gasteiger partial charge < -0.3 is 27.0 Å². The van der Waals surface area contributed by atoms with E-state index in [9.17, 15) is 24.0 Å². The van der Waals surface area contributed by atoms with E-state index in [1.54, 1.807) is 0 Å². The van der Waals surface area contributed by atoms with Crippen LogP contribution in [0, 0.1) is 0 Å². The number of primary amides is 1. The normalized spacial score (nSPS) is 16.2. The summed E-state index contributed by atoms with van der Waals surface area (Å²) in [6, 6.07) is 14.2. The smallest absolute Gasteiger partial charge is 0.255 e. The van der Waals surface area contributed by atoms with Gasteiger partial charge in [-0.05, 0) is 63.3 Å². The highest BCUT2D eigenvalue weighted by atomic mass is 16.2. The number of amides is 5. The zero-order chi connectivity index (χ0) is 34.8. The Kier molecular flexibility index (Phi) is 12.1. The molecular formula is C35H47N8O5+. The second kappa shape index (κ2) is 16.2. The minimum Gasteiger partial charge on any atom is -0.368 e. The summed E-state index contributed by atoms with van der Waals surface area (Å²) in [5.41, 5.74) is 8.90. The number of carbonyl (C=O) groups is 5. The first-order valence-electron chi connectivity index (χ1n) is 16.5. The van der Waals surface area contributed by atoms with E-state index in [4.69, 9.17) is 10.8 Å². The number of fused-ring (bicyclic) bond motifs is 3. The Hall–Kier alpha value is -5.04. The number of carbonyl (C=O) groups excluding carboxylic acids is 5. The van der Waals surface area contributed by atoms with Gasteiger partial charge >= 0.3 is 0 Å². The molecule has 0 saturated heterocycles. The van der Waals surface area contributed by atoms with E-state index >= 15 is 0 Å². The molecule has 2 heterocycles. The Bertz CT molecular complexity index is 1570.